The zero-order valence-corrected chi connectivity index (χ0v) is 12.0. The summed E-state index contributed by atoms with van der Waals surface area (Å²) >= 11 is 0. The van der Waals surface area contributed by atoms with E-state index in [0.29, 0.717) is 0 Å². The van der Waals surface area contributed by atoms with Crippen LogP contribution in [-0.4, -0.2) is 55.0 Å². The average molecular weight is 257 g/mol. The van der Waals surface area contributed by atoms with Crippen molar-refractivity contribution in [3.05, 3.63) is 0 Å². The van der Waals surface area contributed by atoms with Crippen molar-refractivity contribution in [2.45, 2.75) is 12.5 Å². The number of aliphatic hydroxyl groups is 3. The molecule has 82 valence electrons. The van der Waals surface area contributed by atoms with Gasteiger partial charge in [0.15, 0.2) is 12.5 Å². The smallest absolute Gasteiger partial charge is 0.726 e. The quantitative estimate of drug-likeness (QED) is 0.169. The minimum absolute atomic E-state index is 0. The van der Waals surface area contributed by atoms with Gasteiger partial charge in [-0.1, -0.05) is 0 Å². The summed E-state index contributed by atoms with van der Waals surface area (Å²) in [6.45, 7) is 0. The van der Waals surface area contributed by atoms with E-state index in [9.17, 15) is 13.0 Å². The van der Waals surface area contributed by atoms with Crippen LogP contribution in [0.1, 0.15) is 0 Å². The standard InChI is InChI=1S/C3H9NO3.CH4O4S.K/c1-4-2(5)3(6)7;1-5-6(2,3)4;/h2-7H,1H3;1H3,(H,2,3,4);/q;;+1/p-1. The molecule has 10 heteroatoms. The third-order valence-electron chi connectivity index (χ3n) is 0.782. The van der Waals surface area contributed by atoms with E-state index in [0.717, 1.165) is 7.11 Å². The molecule has 0 saturated heterocycles. The van der Waals surface area contributed by atoms with Crippen LogP contribution in [0.5, 0.6) is 0 Å². The maximum atomic E-state index is 9.22. The zero-order chi connectivity index (χ0) is 11.1. The molecular formula is C4H12KNO7S. The molecule has 0 aliphatic heterocycles. The summed E-state index contributed by atoms with van der Waals surface area (Å²) in [7, 11) is -2.18. The molecule has 0 aliphatic rings. The molecule has 0 aromatic heterocycles. The Hall–Kier alpha value is 1.35. The number of aliphatic hydroxyl groups excluding tert-OH is 2. The number of hydrogen-bond donors (Lipinski definition) is 4. The van der Waals surface area contributed by atoms with E-state index in [2.05, 4.69) is 9.50 Å². The molecule has 0 radical (unpaired) electrons. The summed E-state index contributed by atoms with van der Waals surface area (Å²) in [5.41, 5.74) is 0. The molecule has 4 N–H and O–H groups in total. The Bertz CT molecular complexity index is 206. The molecule has 1 unspecified atom stereocenters. The summed E-state index contributed by atoms with van der Waals surface area (Å²) in [6.07, 6.45) is -2.93. The summed E-state index contributed by atoms with van der Waals surface area (Å²) in [5, 5.41) is 26.7. The van der Waals surface area contributed by atoms with Crippen molar-refractivity contribution in [2.24, 2.45) is 0 Å². The van der Waals surface area contributed by atoms with Gasteiger partial charge in [-0.2, -0.15) is 0 Å². The van der Waals surface area contributed by atoms with E-state index in [4.69, 9.17) is 15.3 Å². The van der Waals surface area contributed by atoms with Gasteiger partial charge in [-0.05, 0) is 7.05 Å². The summed E-state index contributed by atoms with van der Waals surface area (Å²) in [6, 6.07) is 0. The van der Waals surface area contributed by atoms with E-state index in [1.165, 1.54) is 7.05 Å². The van der Waals surface area contributed by atoms with E-state index >= 15 is 0 Å². The fraction of sp³-hybridized carbons (Fsp3) is 1.00. The number of likely N-dealkylation sites (N-methyl/N-ethyl adjacent to an activating group) is 1. The molecule has 0 heterocycles. The molecule has 0 rings (SSSR count). The number of nitrogens with one attached hydrogen (secondary N) is 1. The molecule has 0 fully saturated rings. The summed E-state index contributed by atoms with van der Waals surface area (Å²) in [4.78, 5) is 0. The molecule has 14 heavy (non-hydrogen) atoms. The Morgan fingerprint density at radius 3 is 1.64 bits per heavy atom. The van der Waals surface area contributed by atoms with Gasteiger partial charge in [-0.3, -0.25) is 9.50 Å². The van der Waals surface area contributed by atoms with Gasteiger partial charge in [0.1, 0.15) is 0 Å². The van der Waals surface area contributed by atoms with E-state index in [-0.39, 0.29) is 51.4 Å². The Labute approximate surface area is 125 Å². The topological polar surface area (TPSA) is 139 Å². The largest absolute Gasteiger partial charge is 1.00 e. The molecule has 8 nitrogen and oxygen atoms in total. The zero-order valence-electron chi connectivity index (χ0n) is 8.04. The van der Waals surface area contributed by atoms with Crippen molar-refractivity contribution < 1.29 is 83.9 Å². The van der Waals surface area contributed by atoms with E-state index in [1.807, 2.05) is 0 Å². The molecule has 0 spiro atoms. The van der Waals surface area contributed by atoms with Gasteiger partial charge in [-0.15, -0.1) is 0 Å². The summed E-state index contributed by atoms with van der Waals surface area (Å²) < 4.78 is 31.0. The predicted octanol–water partition coefficient (Wildman–Crippen LogP) is -6.07. The van der Waals surface area contributed by atoms with Crippen LogP contribution in [0.25, 0.3) is 0 Å². The molecule has 1 atom stereocenters. The normalized spacial score (nSPS) is 12.5. The average Bonchev–Trinajstić information content (AvgIpc) is 2.02. The molecule has 0 saturated carbocycles. The predicted molar refractivity (Wildman–Crippen MR) is 40.0 cm³/mol. The molecular weight excluding hydrogens is 245 g/mol. The monoisotopic (exact) mass is 257 g/mol. The van der Waals surface area contributed by atoms with E-state index in [1.54, 1.807) is 0 Å². The summed E-state index contributed by atoms with van der Waals surface area (Å²) in [5.74, 6) is 0. The maximum Gasteiger partial charge on any atom is 1.00 e. The second-order valence-corrected chi connectivity index (χ2v) is 2.87. The maximum absolute atomic E-state index is 9.22. The first-order chi connectivity index (χ1) is 5.74. The SMILES string of the molecule is CNC(O)C(O)O.COS(=O)(=O)[O-].[K+]. The first-order valence-corrected chi connectivity index (χ1v) is 4.30. The van der Waals surface area contributed by atoms with Crippen molar-refractivity contribution in [3.63, 3.8) is 0 Å². The van der Waals surface area contributed by atoms with Crippen LogP contribution in [0.4, 0.5) is 0 Å². The number of hydrogen-bond acceptors (Lipinski definition) is 8. The van der Waals surface area contributed by atoms with Gasteiger partial charge < -0.3 is 19.9 Å². The first kappa shape index (κ1) is 20.7. The van der Waals surface area contributed by atoms with Crippen LogP contribution in [-0.2, 0) is 14.6 Å². The molecule has 0 aromatic carbocycles. The van der Waals surface area contributed by atoms with Gasteiger partial charge in [0, 0.05) is 0 Å². The Morgan fingerprint density at radius 1 is 1.36 bits per heavy atom. The van der Waals surface area contributed by atoms with Crippen LogP contribution in [0.3, 0.4) is 0 Å². The van der Waals surface area contributed by atoms with Gasteiger partial charge in [0.2, 0.25) is 10.4 Å². The molecule has 0 aromatic rings. The minimum atomic E-state index is -4.41. The third kappa shape index (κ3) is 19.0. The van der Waals surface area contributed by atoms with Crippen molar-refractivity contribution in [3.8, 4) is 0 Å². The molecule has 0 aliphatic carbocycles. The van der Waals surface area contributed by atoms with Crippen LogP contribution in [0, 0.1) is 0 Å². The van der Waals surface area contributed by atoms with Gasteiger partial charge in [-0.25, -0.2) is 8.42 Å². The first-order valence-electron chi connectivity index (χ1n) is 2.97. The Morgan fingerprint density at radius 2 is 1.64 bits per heavy atom. The van der Waals surface area contributed by atoms with Gasteiger partial charge in [0.25, 0.3) is 0 Å². The fourth-order valence-corrected chi connectivity index (χ4v) is 0.149. The molecule has 0 bridgehead atoms. The van der Waals surface area contributed by atoms with Crippen molar-refractivity contribution in [1.29, 1.82) is 0 Å². The van der Waals surface area contributed by atoms with Crippen LogP contribution >= 0.6 is 0 Å². The minimum Gasteiger partial charge on any atom is -0.726 e. The Balaban J connectivity index is -0.000000163. The fourth-order valence-electron chi connectivity index (χ4n) is 0.149. The third-order valence-corrected chi connectivity index (χ3v) is 1.19. The van der Waals surface area contributed by atoms with Crippen molar-refractivity contribution >= 4 is 10.4 Å². The second kappa shape index (κ2) is 10.9. The second-order valence-electron chi connectivity index (χ2n) is 1.72. The van der Waals surface area contributed by atoms with Gasteiger partial charge in [0.05, 0.1) is 7.11 Å². The molecule has 0 amide bonds. The Kier molecular flexibility index (Phi) is 16.1. The van der Waals surface area contributed by atoms with Crippen molar-refractivity contribution in [1.82, 2.24) is 5.32 Å². The van der Waals surface area contributed by atoms with Crippen LogP contribution in [0.15, 0.2) is 0 Å². The number of rotatable bonds is 3. The van der Waals surface area contributed by atoms with E-state index < -0.39 is 22.9 Å². The van der Waals surface area contributed by atoms with Gasteiger partial charge >= 0.3 is 51.4 Å². The van der Waals surface area contributed by atoms with Crippen molar-refractivity contribution in [2.75, 3.05) is 14.2 Å². The van der Waals surface area contributed by atoms with Crippen LogP contribution < -0.4 is 56.7 Å². The van der Waals surface area contributed by atoms with Crippen LogP contribution in [0.2, 0.25) is 0 Å².